The van der Waals surface area contributed by atoms with Crippen molar-refractivity contribution in [2.45, 2.75) is 19.9 Å². The van der Waals surface area contributed by atoms with Crippen molar-refractivity contribution in [3.8, 4) is 11.3 Å². The number of furan rings is 1. The minimum absolute atomic E-state index is 0.793. The van der Waals surface area contributed by atoms with E-state index in [1.165, 1.54) is 10.8 Å². The highest BCUT2D eigenvalue weighted by Crippen LogP contribution is 2.26. The van der Waals surface area contributed by atoms with Gasteiger partial charge < -0.3 is 9.73 Å². The standard InChI is InChI=1S/C18H19NO/c1-2-11-19-13-17-9-10-18(20-17)16-8-7-14-5-3-4-6-15(14)12-16/h3-10,12,19H,2,11,13H2,1H3. The fraction of sp³-hybridized carbons (Fsp3) is 0.222. The largest absolute Gasteiger partial charge is 0.460 e. The van der Waals surface area contributed by atoms with Crippen molar-refractivity contribution in [2.75, 3.05) is 6.54 Å². The predicted molar refractivity (Wildman–Crippen MR) is 83.6 cm³/mol. The number of benzene rings is 2. The first-order chi connectivity index (χ1) is 9.86. The van der Waals surface area contributed by atoms with E-state index in [1.807, 2.05) is 12.1 Å². The first kappa shape index (κ1) is 12.9. The van der Waals surface area contributed by atoms with Gasteiger partial charge in [0.2, 0.25) is 0 Å². The zero-order chi connectivity index (χ0) is 13.8. The highest BCUT2D eigenvalue weighted by molar-refractivity contribution is 5.86. The van der Waals surface area contributed by atoms with Gasteiger partial charge in [-0.3, -0.25) is 0 Å². The van der Waals surface area contributed by atoms with E-state index >= 15 is 0 Å². The number of hydrogen-bond acceptors (Lipinski definition) is 2. The molecule has 1 heterocycles. The lowest BCUT2D eigenvalue weighted by Gasteiger charge is -2.02. The molecule has 2 aromatic carbocycles. The molecule has 1 N–H and O–H groups in total. The Bertz CT molecular complexity index is 699. The average Bonchev–Trinajstić information content (AvgIpc) is 2.96. The molecule has 0 saturated carbocycles. The molecule has 102 valence electrons. The normalized spacial score (nSPS) is 11.1. The van der Waals surface area contributed by atoms with E-state index in [9.17, 15) is 0 Å². The summed E-state index contributed by atoms with van der Waals surface area (Å²) in [4.78, 5) is 0. The third-order valence-corrected chi connectivity index (χ3v) is 3.42. The van der Waals surface area contributed by atoms with Crippen LogP contribution < -0.4 is 5.32 Å². The molecule has 0 unspecified atom stereocenters. The summed E-state index contributed by atoms with van der Waals surface area (Å²) in [5.74, 6) is 1.92. The summed E-state index contributed by atoms with van der Waals surface area (Å²) in [5.41, 5.74) is 1.13. The third-order valence-electron chi connectivity index (χ3n) is 3.42. The Morgan fingerprint density at radius 3 is 2.65 bits per heavy atom. The van der Waals surface area contributed by atoms with E-state index in [-0.39, 0.29) is 0 Å². The highest BCUT2D eigenvalue weighted by Gasteiger charge is 2.05. The zero-order valence-corrected chi connectivity index (χ0v) is 11.7. The van der Waals surface area contributed by atoms with Gasteiger partial charge in [-0.2, -0.15) is 0 Å². The molecule has 0 atom stereocenters. The van der Waals surface area contributed by atoms with Crippen LogP contribution >= 0.6 is 0 Å². The van der Waals surface area contributed by atoms with E-state index in [0.29, 0.717) is 0 Å². The second-order valence-electron chi connectivity index (χ2n) is 5.00. The van der Waals surface area contributed by atoms with Crippen molar-refractivity contribution in [1.82, 2.24) is 5.32 Å². The number of rotatable bonds is 5. The highest BCUT2D eigenvalue weighted by atomic mass is 16.3. The number of fused-ring (bicyclic) bond motifs is 1. The minimum Gasteiger partial charge on any atom is -0.460 e. The van der Waals surface area contributed by atoms with Gasteiger partial charge in [0.05, 0.1) is 6.54 Å². The zero-order valence-electron chi connectivity index (χ0n) is 11.7. The second-order valence-corrected chi connectivity index (χ2v) is 5.00. The monoisotopic (exact) mass is 265 g/mol. The maximum Gasteiger partial charge on any atom is 0.134 e. The van der Waals surface area contributed by atoms with Crippen molar-refractivity contribution in [3.05, 3.63) is 60.4 Å². The van der Waals surface area contributed by atoms with Gasteiger partial charge in [-0.05, 0) is 41.9 Å². The quantitative estimate of drug-likeness (QED) is 0.682. The van der Waals surface area contributed by atoms with Crippen LogP contribution in [0.15, 0.2) is 59.0 Å². The van der Waals surface area contributed by atoms with Crippen LogP contribution in [0.2, 0.25) is 0 Å². The fourth-order valence-corrected chi connectivity index (χ4v) is 2.36. The molecule has 0 fully saturated rings. The lowest BCUT2D eigenvalue weighted by atomic mass is 10.1. The van der Waals surface area contributed by atoms with Crippen LogP contribution in [0.25, 0.3) is 22.1 Å². The van der Waals surface area contributed by atoms with Crippen LogP contribution in [0.3, 0.4) is 0 Å². The van der Waals surface area contributed by atoms with E-state index < -0.39 is 0 Å². The van der Waals surface area contributed by atoms with Gasteiger partial charge in [0, 0.05) is 5.56 Å². The van der Waals surface area contributed by atoms with Crippen LogP contribution in [-0.4, -0.2) is 6.54 Å². The van der Waals surface area contributed by atoms with Gasteiger partial charge in [0.25, 0.3) is 0 Å². The van der Waals surface area contributed by atoms with Gasteiger partial charge in [0.1, 0.15) is 11.5 Å². The summed E-state index contributed by atoms with van der Waals surface area (Å²) in [6, 6.07) is 18.9. The molecule has 2 nitrogen and oxygen atoms in total. The van der Waals surface area contributed by atoms with Crippen molar-refractivity contribution in [2.24, 2.45) is 0 Å². The van der Waals surface area contributed by atoms with Gasteiger partial charge in [-0.1, -0.05) is 43.3 Å². The molecule has 3 rings (SSSR count). The van der Waals surface area contributed by atoms with E-state index in [2.05, 4.69) is 54.7 Å². The summed E-state index contributed by atoms with van der Waals surface area (Å²) in [7, 11) is 0. The molecule has 0 amide bonds. The molecular weight excluding hydrogens is 246 g/mol. The topological polar surface area (TPSA) is 25.2 Å². The van der Waals surface area contributed by atoms with Crippen LogP contribution in [0, 0.1) is 0 Å². The van der Waals surface area contributed by atoms with Crippen molar-refractivity contribution in [3.63, 3.8) is 0 Å². The molecule has 0 aliphatic rings. The summed E-state index contributed by atoms with van der Waals surface area (Å²) >= 11 is 0. The van der Waals surface area contributed by atoms with Crippen LogP contribution in [0.1, 0.15) is 19.1 Å². The van der Waals surface area contributed by atoms with Gasteiger partial charge in [-0.25, -0.2) is 0 Å². The van der Waals surface area contributed by atoms with E-state index in [4.69, 9.17) is 4.42 Å². The lowest BCUT2D eigenvalue weighted by molar-refractivity contribution is 0.493. The van der Waals surface area contributed by atoms with Crippen LogP contribution in [-0.2, 0) is 6.54 Å². The third kappa shape index (κ3) is 2.75. The van der Waals surface area contributed by atoms with E-state index in [1.54, 1.807) is 0 Å². The van der Waals surface area contributed by atoms with Crippen LogP contribution in [0.4, 0.5) is 0 Å². The lowest BCUT2D eigenvalue weighted by Crippen LogP contribution is -2.12. The van der Waals surface area contributed by atoms with Crippen molar-refractivity contribution in [1.29, 1.82) is 0 Å². The Balaban J connectivity index is 1.83. The van der Waals surface area contributed by atoms with Gasteiger partial charge >= 0.3 is 0 Å². The van der Waals surface area contributed by atoms with Crippen molar-refractivity contribution < 1.29 is 4.42 Å². The van der Waals surface area contributed by atoms with Gasteiger partial charge in [-0.15, -0.1) is 0 Å². The summed E-state index contributed by atoms with van der Waals surface area (Å²) in [5, 5.41) is 5.85. The number of nitrogens with one attached hydrogen (secondary N) is 1. The molecule has 0 aliphatic heterocycles. The predicted octanol–water partition coefficient (Wildman–Crippen LogP) is 4.60. The molecule has 0 radical (unpaired) electrons. The smallest absolute Gasteiger partial charge is 0.134 e. The average molecular weight is 265 g/mol. The fourth-order valence-electron chi connectivity index (χ4n) is 2.36. The minimum atomic E-state index is 0.793. The molecule has 0 saturated heterocycles. The Morgan fingerprint density at radius 1 is 0.950 bits per heavy atom. The van der Waals surface area contributed by atoms with Gasteiger partial charge in [0.15, 0.2) is 0 Å². The first-order valence-electron chi connectivity index (χ1n) is 7.15. The summed E-state index contributed by atoms with van der Waals surface area (Å²) in [6.45, 7) is 3.98. The van der Waals surface area contributed by atoms with Crippen LogP contribution in [0.5, 0.6) is 0 Å². The molecule has 0 bridgehead atoms. The Kier molecular flexibility index (Phi) is 3.84. The number of hydrogen-bond donors (Lipinski definition) is 1. The molecule has 0 spiro atoms. The first-order valence-corrected chi connectivity index (χ1v) is 7.15. The van der Waals surface area contributed by atoms with Crippen molar-refractivity contribution >= 4 is 10.8 Å². The molecule has 0 aliphatic carbocycles. The Labute approximate surface area is 119 Å². The SMILES string of the molecule is CCCNCc1ccc(-c2ccc3ccccc3c2)o1. The molecule has 3 aromatic rings. The van der Waals surface area contributed by atoms with E-state index in [0.717, 1.165) is 36.6 Å². The molecule has 1 aromatic heterocycles. The molecule has 20 heavy (non-hydrogen) atoms. The Hall–Kier alpha value is -2.06. The maximum absolute atomic E-state index is 5.90. The Morgan fingerprint density at radius 2 is 1.80 bits per heavy atom. The summed E-state index contributed by atoms with van der Waals surface area (Å²) < 4.78 is 5.90. The molecular formula is C18H19NO. The maximum atomic E-state index is 5.90. The molecule has 2 heteroatoms. The summed E-state index contributed by atoms with van der Waals surface area (Å²) in [6.07, 6.45) is 1.14. The second kappa shape index (κ2) is 5.93.